The van der Waals surface area contributed by atoms with Crippen molar-refractivity contribution in [3.8, 4) is 11.6 Å². The van der Waals surface area contributed by atoms with Crippen LogP contribution in [0.2, 0.25) is 0 Å². The summed E-state index contributed by atoms with van der Waals surface area (Å²) in [5.41, 5.74) is 8.55. The van der Waals surface area contributed by atoms with E-state index in [1.54, 1.807) is 11.8 Å². The first kappa shape index (κ1) is 10.7. The SMILES string of the molecule is COc1cc(CN)nn1-c1cccc(C)c1. The van der Waals surface area contributed by atoms with E-state index in [1.165, 1.54) is 5.56 Å². The molecule has 1 aromatic carbocycles. The highest BCUT2D eigenvalue weighted by Gasteiger charge is 2.08. The van der Waals surface area contributed by atoms with Gasteiger partial charge in [-0.1, -0.05) is 12.1 Å². The molecule has 0 spiro atoms. The highest BCUT2D eigenvalue weighted by Crippen LogP contribution is 2.19. The Morgan fingerprint density at radius 1 is 1.38 bits per heavy atom. The number of nitrogens with zero attached hydrogens (tertiary/aromatic N) is 2. The maximum Gasteiger partial charge on any atom is 0.216 e. The molecule has 0 amide bonds. The van der Waals surface area contributed by atoms with E-state index in [4.69, 9.17) is 10.5 Å². The molecule has 2 rings (SSSR count). The van der Waals surface area contributed by atoms with Crippen LogP contribution in [0.5, 0.6) is 5.88 Å². The van der Waals surface area contributed by atoms with Gasteiger partial charge < -0.3 is 10.5 Å². The third-order valence-electron chi connectivity index (χ3n) is 2.39. The van der Waals surface area contributed by atoms with Gasteiger partial charge in [0.1, 0.15) is 0 Å². The predicted octanol–water partition coefficient (Wildman–Crippen LogP) is 1.65. The molecule has 0 saturated carbocycles. The molecule has 84 valence electrons. The van der Waals surface area contributed by atoms with E-state index in [1.807, 2.05) is 31.2 Å². The van der Waals surface area contributed by atoms with Gasteiger partial charge in [-0.15, -0.1) is 0 Å². The van der Waals surface area contributed by atoms with E-state index in [0.29, 0.717) is 12.4 Å². The second kappa shape index (κ2) is 4.37. The van der Waals surface area contributed by atoms with Gasteiger partial charge in [-0.3, -0.25) is 0 Å². The van der Waals surface area contributed by atoms with Gasteiger partial charge in [-0.25, -0.2) is 4.68 Å². The van der Waals surface area contributed by atoms with E-state index >= 15 is 0 Å². The molecule has 4 heteroatoms. The molecule has 0 bridgehead atoms. The molecule has 0 unspecified atom stereocenters. The third kappa shape index (κ3) is 1.92. The number of nitrogens with two attached hydrogens (primary N) is 1. The Bertz CT molecular complexity index is 491. The van der Waals surface area contributed by atoms with Crippen LogP contribution >= 0.6 is 0 Å². The zero-order valence-electron chi connectivity index (χ0n) is 9.47. The molecule has 0 atom stereocenters. The Labute approximate surface area is 94.6 Å². The van der Waals surface area contributed by atoms with Crippen molar-refractivity contribution in [2.45, 2.75) is 13.5 Å². The van der Waals surface area contributed by atoms with Gasteiger partial charge in [0, 0.05) is 12.6 Å². The molecular weight excluding hydrogens is 202 g/mol. The predicted molar refractivity (Wildman–Crippen MR) is 62.7 cm³/mol. The van der Waals surface area contributed by atoms with Crippen LogP contribution in [0.25, 0.3) is 5.69 Å². The number of hydrogen-bond donors (Lipinski definition) is 1. The number of hydrogen-bond acceptors (Lipinski definition) is 3. The van der Waals surface area contributed by atoms with E-state index in [9.17, 15) is 0 Å². The molecule has 1 aromatic heterocycles. The number of rotatable bonds is 3. The molecule has 2 aromatic rings. The van der Waals surface area contributed by atoms with Gasteiger partial charge in [0.25, 0.3) is 0 Å². The lowest BCUT2D eigenvalue weighted by Crippen LogP contribution is -2.02. The fraction of sp³-hybridized carbons (Fsp3) is 0.250. The van der Waals surface area contributed by atoms with Crippen LogP contribution in [0.1, 0.15) is 11.3 Å². The Kier molecular flexibility index (Phi) is 2.92. The number of benzene rings is 1. The molecule has 4 nitrogen and oxygen atoms in total. The Morgan fingerprint density at radius 3 is 2.81 bits per heavy atom. The molecule has 2 N–H and O–H groups in total. The van der Waals surface area contributed by atoms with E-state index in [0.717, 1.165) is 11.4 Å². The van der Waals surface area contributed by atoms with Gasteiger partial charge in [0.05, 0.1) is 18.5 Å². The van der Waals surface area contributed by atoms with E-state index < -0.39 is 0 Å². The summed E-state index contributed by atoms with van der Waals surface area (Å²) < 4.78 is 7.03. The van der Waals surface area contributed by atoms with Crippen molar-refractivity contribution in [3.05, 3.63) is 41.6 Å². The van der Waals surface area contributed by atoms with E-state index in [-0.39, 0.29) is 0 Å². The zero-order chi connectivity index (χ0) is 11.5. The molecule has 0 aliphatic heterocycles. The van der Waals surface area contributed by atoms with Gasteiger partial charge >= 0.3 is 0 Å². The summed E-state index contributed by atoms with van der Waals surface area (Å²) in [4.78, 5) is 0. The van der Waals surface area contributed by atoms with Crippen LogP contribution in [0.15, 0.2) is 30.3 Å². The van der Waals surface area contributed by atoms with Gasteiger partial charge in [0.15, 0.2) is 0 Å². The molecule has 0 aliphatic carbocycles. The molecule has 0 saturated heterocycles. The molecule has 0 aliphatic rings. The Morgan fingerprint density at radius 2 is 2.19 bits per heavy atom. The van der Waals surface area contributed by atoms with Crippen LogP contribution in [0, 0.1) is 6.92 Å². The van der Waals surface area contributed by atoms with Gasteiger partial charge in [-0.05, 0) is 24.6 Å². The Hall–Kier alpha value is -1.81. The van der Waals surface area contributed by atoms with Crippen LogP contribution in [0.4, 0.5) is 0 Å². The first-order valence-corrected chi connectivity index (χ1v) is 5.14. The molecule has 16 heavy (non-hydrogen) atoms. The third-order valence-corrected chi connectivity index (χ3v) is 2.39. The summed E-state index contributed by atoms with van der Waals surface area (Å²) in [6.07, 6.45) is 0. The largest absolute Gasteiger partial charge is 0.481 e. The monoisotopic (exact) mass is 217 g/mol. The normalized spacial score (nSPS) is 10.4. The second-order valence-electron chi connectivity index (χ2n) is 3.63. The fourth-order valence-electron chi connectivity index (χ4n) is 1.60. The minimum atomic E-state index is 0.412. The van der Waals surface area contributed by atoms with Crippen molar-refractivity contribution < 1.29 is 4.74 Å². The minimum absolute atomic E-state index is 0.412. The van der Waals surface area contributed by atoms with Gasteiger partial charge in [0.2, 0.25) is 5.88 Å². The maximum atomic E-state index is 5.56. The lowest BCUT2D eigenvalue weighted by Gasteiger charge is -2.06. The average molecular weight is 217 g/mol. The first-order valence-electron chi connectivity index (χ1n) is 5.14. The zero-order valence-corrected chi connectivity index (χ0v) is 9.47. The van der Waals surface area contributed by atoms with Crippen molar-refractivity contribution in [2.75, 3.05) is 7.11 Å². The summed E-state index contributed by atoms with van der Waals surface area (Å²) in [7, 11) is 1.63. The Balaban J connectivity index is 2.50. The summed E-state index contributed by atoms with van der Waals surface area (Å²) in [5, 5.41) is 4.38. The summed E-state index contributed by atoms with van der Waals surface area (Å²) in [5.74, 6) is 0.700. The lowest BCUT2D eigenvalue weighted by molar-refractivity contribution is 0.383. The van der Waals surface area contributed by atoms with Crippen molar-refractivity contribution in [3.63, 3.8) is 0 Å². The van der Waals surface area contributed by atoms with Crippen molar-refractivity contribution in [1.29, 1.82) is 0 Å². The number of aromatic nitrogens is 2. The van der Waals surface area contributed by atoms with Gasteiger partial charge in [-0.2, -0.15) is 5.10 Å². The van der Waals surface area contributed by atoms with E-state index in [2.05, 4.69) is 11.2 Å². The molecule has 0 fully saturated rings. The standard InChI is InChI=1S/C12H15N3O/c1-9-4-3-5-11(6-9)15-12(16-2)7-10(8-13)14-15/h3-7H,8,13H2,1-2H3. The summed E-state index contributed by atoms with van der Waals surface area (Å²) in [6, 6.07) is 9.93. The van der Waals surface area contributed by atoms with Crippen molar-refractivity contribution in [2.24, 2.45) is 5.73 Å². The molecular formula is C12H15N3O. The van der Waals surface area contributed by atoms with Crippen LogP contribution < -0.4 is 10.5 Å². The van der Waals surface area contributed by atoms with Crippen LogP contribution in [-0.2, 0) is 6.54 Å². The summed E-state index contributed by atoms with van der Waals surface area (Å²) >= 11 is 0. The second-order valence-corrected chi connectivity index (χ2v) is 3.63. The number of ether oxygens (including phenoxy) is 1. The average Bonchev–Trinajstić information content (AvgIpc) is 2.72. The van der Waals surface area contributed by atoms with Crippen LogP contribution in [-0.4, -0.2) is 16.9 Å². The molecule has 1 heterocycles. The number of aryl methyl sites for hydroxylation is 1. The minimum Gasteiger partial charge on any atom is -0.481 e. The smallest absolute Gasteiger partial charge is 0.216 e. The van der Waals surface area contributed by atoms with Crippen molar-refractivity contribution >= 4 is 0 Å². The first-order chi connectivity index (χ1) is 7.74. The number of methoxy groups -OCH3 is 1. The highest BCUT2D eigenvalue weighted by molar-refractivity contribution is 5.38. The highest BCUT2D eigenvalue weighted by atomic mass is 16.5. The quantitative estimate of drug-likeness (QED) is 0.850. The molecule has 0 radical (unpaired) electrons. The topological polar surface area (TPSA) is 53.1 Å². The lowest BCUT2D eigenvalue weighted by atomic mass is 10.2. The summed E-state index contributed by atoms with van der Waals surface area (Å²) in [6.45, 7) is 2.46. The van der Waals surface area contributed by atoms with Crippen LogP contribution in [0.3, 0.4) is 0 Å². The maximum absolute atomic E-state index is 5.56. The van der Waals surface area contributed by atoms with Crippen molar-refractivity contribution in [1.82, 2.24) is 9.78 Å². The fourth-order valence-corrected chi connectivity index (χ4v) is 1.60.